The first-order valence-corrected chi connectivity index (χ1v) is 7.74. The first-order valence-electron chi connectivity index (χ1n) is 5.92. The molecule has 1 heterocycles. The maximum atomic E-state index is 5.85. The summed E-state index contributed by atoms with van der Waals surface area (Å²) in [5.74, 6) is 0. The van der Waals surface area contributed by atoms with Gasteiger partial charge in [0.15, 0.2) is 0 Å². The van der Waals surface area contributed by atoms with Crippen molar-refractivity contribution in [2.45, 2.75) is 49.3 Å². The predicted molar refractivity (Wildman–Crippen MR) is 79.5 cm³/mol. The summed E-state index contributed by atoms with van der Waals surface area (Å²) in [6.45, 7) is 8.96. The van der Waals surface area contributed by atoms with Gasteiger partial charge >= 0.3 is 0 Å². The Morgan fingerprint density at radius 2 is 2.12 bits per heavy atom. The number of aryl methyl sites for hydroxylation is 1. The van der Waals surface area contributed by atoms with Crippen molar-refractivity contribution in [3.05, 3.63) is 23.8 Å². The molecule has 1 aromatic rings. The van der Waals surface area contributed by atoms with Crippen molar-refractivity contribution in [1.82, 2.24) is 0 Å². The fourth-order valence-corrected chi connectivity index (χ4v) is 4.55. The number of rotatable bonds is 2. The molecular weight excluding hydrogens is 248 g/mol. The van der Waals surface area contributed by atoms with Crippen LogP contribution in [-0.2, 0) is 6.42 Å². The molecule has 0 saturated heterocycles. The zero-order chi connectivity index (χ0) is 12.6. The van der Waals surface area contributed by atoms with Gasteiger partial charge in [-0.25, -0.2) is 0 Å². The van der Waals surface area contributed by atoms with Gasteiger partial charge in [-0.05, 0) is 50.8 Å². The minimum Gasteiger partial charge on any atom is -0.343 e. The monoisotopic (exact) mass is 268 g/mol. The zero-order valence-electron chi connectivity index (χ0n) is 10.9. The maximum Gasteiger partial charge on any atom is 0.141 e. The number of nitrogens with two attached hydrogens (primary N) is 1. The van der Waals surface area contributed by atoms with Gasteiger partial charge in [0.1, 0.15) is 4.71 Å². The van der Waals surface area contributed by atoms with E-state index >= 15 is 0 Å². The van der Waals surface area contributed by atoms with E-state index in [4.69, 9.17) is 5.14 Å². The largest absolute Gasteiger partial charge is 0.343 e. The quantitative estimate of drug-likeness (QED) is 0.825. The molecule has 4 heteroatoms. The summed E-state index contributed by atoms with van der Waals surface area (Å²) in [4.78, 5) is 3.82. The summed E-state index contributed by atoms with van der Waals surface area (Å²) < 4.78 is 0.290. The standard InChI is InChI=1S/C13H20N2S2/c1-5-9-7-6-8-10-11(9)15(13(2,3)4)12(16-10)17-14/h6-8,12H,5,14H2,1-4H3. The van der Waals surface area contributed by atoms with Crippen LogP contribution in [0, 0.1) is 0 Å². The van der Waals surface area contributed by atoms with Gasteiger partial charge in [0.2, 0.25) is 0 Å². The Kier molecular flexibility index (Phi) is 3.66. The first kappa shape index (κ1) is 13.1. The highest BCUT2D eigenvalue weighted by Crippen LogP contribution is 2.51. The second-order valence-electron chi connectivity index (χ2n) is 5.22. The number of para-hydroxylation sites is 1. The number of hydrogen-bond donors (Lipinski definition) is 1. The van der Waals surface area contributed by atoms with Crippen LogP contribution < -0.4 is 10.0 Å². The molecule has 1 aliphatic rings. The van der Waals surface area contributed by atoms with Crippen LogP contribution in [0.4, 0.5) is 5.69 Å². The van der Waals surface area contributed by atoms with E-state index in [0.717, 1.165) is 6.42 Å². The van der Waals surface area contributed by atoms with Crippen LogP contribution in [0.3, 0.4) is 0 Å². The Labute approximate surface area is 112 Å². The Morgan fingerprint density at radius 1 is 1.41 bits per heavy atom. The predicted octanol–water partition coefficient (Wildman–Crippen LogP) is 3.85. The highest BCUT2D eigenvalue weighted by atomic mass is 32.2. The Morgan fingerprint density at radius 3 is 2.65 bits per heavy atom. The van der Waals surface area contributed by atoms with Gasteiger partial charge in [0, 0.05) is 10.4 Å². The van der Waals surface area contributed by atoms with E-state index in [1.165, 1.54) is 28.1 Å². The Hall–Kier alpha value is -0.320. The number of nitrogens with zero attached hydrogens (tertiary/aromatic N) is 1. The SMILES string of the molecule is CCc1cccc2c1N(C(C)(C)C)C(SN)S2. The minimum atomic E-state index is 0.0978. The molecule has 1 unspecified atom stereocenters. The molecule has 0 radical (unpaired) electrons. The minimum absolute atomic E-state index is 0.0978. The van der Waals surface area contributed by atoms with Gasteiger partial charge in [-0.2, -0.15) is 0 Å². The number of benzene rings is 1. The Bertz CT molecular complexity index is 412. The number of anilines is 1. The lowest BCUT2D eigenvalue weighted by Crippen LogP contribution is -2.44. The van der Waals surface area contributed by atoms with Crippen LogP contribution >= 0.6 is 23.7 Å². The van der Waals surface area contributed by atoms with Crippen LogP contribution in [0.25, 0.3) is 0 Å². The average molecular weight is 268 g/mol. The van der Waals surface area contributed by atoms with E-state index in [1.54, 1.807) is 0 Å². The van der Waals surface area contributed by atoms with Crippen LogP contribution in [-0.4, -0.2) is 10.2 Å². The van der Waals surface area contributed by atoms with Crippen molar-refractivity contribution in [1.29, 1.82) is 0 Å². The molecule has 0 aliphatic carbocycles. The number of fused-ring (bicyclic) bond motifs is 1. The lowest BCUT2D eigenvalue weighted by Gasteiger charge is -2.38. The summed E-state index contributed by atoms with van der Waals surface area (Å²) in [5.41, 5.74) is 2.90. The molecular formula is C13H20N2S2. The van der Waals surface area contributed by atoms with Gasteiger partial charge in [0.05, 0.1) is 5.69 Å². The van der Waals surface area contributed by atoms with Gasteiger partial charge < -0.3 is 4.90 Å². The molecule has 17 heavy (non-hydrogen) atoms. The molecule has 0 amide bonds. The molecule has 1 atom stereocenters. The molecule has 94 valence electrons. The van der Waals surface area contributed by atoms with E-state index in [1.807, 2.05) is 11.8 Å². The summed E-state index contributed by atoms with van der Waals surface area (Å²) in [6.07, 6.45) is 1.07. The van der Waals surface area contributed by atoms with Crippen molar-refractivity contribution in [2.75, 3.05) is 4.90 Å². The molecule has 0 aromatic heterocycles. The average Bonchev–Trinajstić information content (AvgIpc) is 2.66. The summed E-state index contributed by atoms with van der Waals surface area (Å²) >= 11 is 3.30. The molecule has 2 N–H and O–H groups in total. The zero-order valence-corrected chi connectivity index (χ0v) is 12.5. The third kappa shape index (κ3) is 2.30. The fourth-order valence-electron chi connectivity index (χ4n) is 2.23. The number of hydrogen-bond acceptors (Lipinski definition) is 4. The lowest BCUT2D eigenvalue weighted by molar-refractivity contribution is 0.524. The van der Waals surface area contributed by atoms with Crippen LogP contribution in [0.5, 0.6) is 0 Å². The second kappa shape index (κ2) is 4.75. The normalized spacial score (nSPS) is 19.6. The summed E-state index contributed by atoms with van der Waals surface area (Å²) in [6, 6.07) is 6.57. The third-order valence-electron chi connectivity index (χ3n) is 2.98. The van der Waals surface area contributed by atoms with E-state index < -0.39 is 0 Å². The highest BCUT2D eigenvalue weighted by Gasteiger charge is 2.38. The molecule has 0 fully saturated rings. The van der Waals surface area contributed by atoms with Gasteiger partial charge in [0.25, 0.3) is 0 Å². The maximum absolute atomic E-state index is 5.85. The van der Waals surface area contributed by atoms with Crippen molar-refractivity contribution < 1.29 is 0 Å². The van der Waals surface area contributed by atoms with Crippen molar-refractivity contribution >= 4 is 29.4 Å². The molecule has 2 rings (SSSR count). The molecule has 0 bridgehead atoms. The molecule has 0 spiro atoms. The fraction of sp³-hybridized carbons (Fsp3) is 0.538. The topological polar surface area (TPSA) is 29.3 Å². The molecule has 1 aliphatic heterocycles. The third-order valence-corrected chi connectivity index (χ3v) is 5.04. The van der Waals surface area contributed by atoms with Crippen LogP contribution in [0.1, 0.15) is 33.3 Å². The van der Waals surface area contributed by atoms with E-state index in [-0.39, 0.29) is 10.2 Å². The van der Waals surface area contributed by atoms with Crippen LogP contribution in [0.15, 0.2) is 23.1 Å². The van der Waals surface area contributed by atoms with E-state index in [0.29, 0.717) is 0 Å². The van der Waals surface area contributed by atoms with Gasteiger partial charge in [-0.3, -0.25) is 5.14 Å². The molecule has 0 saturated carbocycles. The summed E-state index contributed by atoms with van der Waals surface area (Å²) in [5, 5.41) is 5.85. The van der Waals surface area contributed by atoms with Crippen molar-refractivity contribution in [2.24, 2.45) is 5.14 Å². The Balaban J connectivity index is 2.53. The van der Waals surface area contributed by atoms with E-state index in [2.05, 4.69) is 50.8 Å². The molecule has 2 nitrogen and oxygen atoms in total. The molecule has 1 aromatic carbocycles. The summed E-state index contributed by atoms with van der Waals surface area (Å²) in [7, 11) is 0. The van der Waals surface area contributed by atoms with Gasteiger partial charge in [-0.15, -0.1) is 0 Å². The highest BCUT2D eigenvalue weighted by molar-refractivity contribution is 8.16. The lowest BCUT2D eigenvalue weighted by atomic mass is 10.0. The van der Waals surface area contributed by atoms with E-state index in [9.17, 15) is 0 Å². The smallest absolute Gasteiger partial charge is 0.141 e. The first-order chi connectivity index (χ1) is 7.99. The van der Waals surface area contributed by atoms with Crippen molar-refractivity contribution in [3.8, 4) is 0 Å². The van der Waals surface area contributed by atoms with Gasteiger partial charge in [-0.1, -0.05) is 30.8 Å². The van der Waals surface area contributed by atoms with Crippen LogP contribution in [0.2, 0.25) is 0 Å². The van der Waals surface area contributed by atoms with Crippen molar-refractivity contribution in [3.63, 3.8) is 0 Å². The second-order valence-corrected chi connectivity index (χ2v) is 7.36. The number of thioether (sulfide) groups is 1.